The second-order valence-corrected chi connectivity index (χ2v) is 3.89. The maximum absolute atomic E-state index is 11.7. The second kappa shape index (κ2) is 8.24. The number of rotatable bonds is 7. The van der Waals surface area contributed by atoms with Gasteiger partial charge in [0, 0.05) is 18.8 Å². The third-order valence-electron chi connectivity index (χ3n) is 1.39. The fraction of sp³-hybridized carbons (Fsp3) is 0.750. The minimum atomic E-state index is -4.23. The lowest BCUT2D eigenvalue weighted by molar-refractivity contribution is -0.120. The quantitative estimate of drug-likeness (QED) is 0.662. The van der Waals surface area contributed by atoms with Crippen molar-refractivity contribution >= 4 is 17.7 Å². The first-order chi connectivity index (χ1) is 7.45. The molecule has 4 nitrogen and oxygen atoms in total. The van der Waals surface area contributed by atoms with E-state index in [9.17, 15) is 18.0 Å². The van der Waals surface area contributed by atoms with Gasteiger partial charge in [-0.1, -0.05) is 0 Å². The molecule has 0 aromatic rings. The Labute approximate surface area is 95.6 Å². The van der Waals surface area contributed by atoms with E-state index in [1.54, 1.807) is 0 Å². The SMILES string of the molecule is N#CCCNC(=O)CNCCSC(F)(F)F. The van der Waals surface area contributed by atoms with Gasteiger partial charge in [-0.2, -0.15) is 18.4 Å². The van der Waals surface area contributed by atoms with Crippen LogP contribution in [0.4, 0.5) is 13.2 Å². The van der Waals surface area contributed by atoms with Crippen molar-refractivity contribution < 1.29 is 18.0 Å². The van der Waals surface area contributed by atoms with Crippen LogP contribution in [-0.2, 0) is 4.79 Å². The van der Waals surface area contributed by atoms with Gasteiger partial charge in [0.15, 0.2) is 0 Å². The zero-order valence-corrected chi connectivity index (χ0v) is 9.25. The lowest BCUT2D eigenvalue weighted by Gasteiger charge is -2.06. The molecule has 0 saturated carbocycles. The molecule has 0 unspecified atom stereocenters. The van der Waals surface area contributed by atoms with Crippen molar-refractivity contribution in [1.82, 2.24) is 10.6 Å². The van der Waals surface area contributed by atoms with Crippen molar-refractivity contribution in [3.63, 3.8) is 0 Å². The Kier molecular flexibility index (Phi) is 7.76. The van der Waals surface area contributed by atoms with Gasteiger partial charge < -0.3 is 10.6 Å². The fourth-order valence-electron chi connectivity index (χ4n) is 0.761. The molecule has 92 valence electrons. The van der Waals surface area contributed by atoms with Gasteiger partial charge in [-0.25, -0.2) is 0 Å². The molecule has 0 aromatic heterocycles. The number of thioether (sulfide) groups is 1. The standard InChI is InChI=1S/C8H12F3N3OS/c9-8(10,11)16-5-4-13-6-7(15)14-3-1-2-12/h13H,1,3-6H2,(H,14,15). The summed E-state index contributed by atoms with van der Waals surface area (Å²) in [7, 11) is 0. The molecule has 0 atom stereocenters. The van der Waals surface area contributed by atoms with E-state index in [2.05, 4.69) is 10.6 Å². The van der Waals surface area contributed by atoms with Crippen LogP contribution in [0, 0.1) is 11.3 Å². The molecule has 0 bridgehead atoms. The van der Waals surface area contributed by atoms with E-state index in [0.29, 0.717) is 0 Å². The highest BCUT2D eigenvalue weighted by molar-refractivity contribution is 8.00. The van der Waals surface area contributed by atoms with E-state index >= 15 is 0 Å². The molecule has 8 heteroatoms. The monoisotopic (exact) mass is 255 g/mol. The summed E-state index contributed by atoms with van der Waals surface area (Å²) in [5.41, 5.74) is -4.23. The van der Waals surface area contributed by atoms with E-state index in [0.717, 1.165) is 0 Å². The predicted octanol–water partition coefficient (Wildman–Crippen LogP) is 0.859. The average molecular weight is 255 g/mol. The molecule has 0 saturated heterocycles. The molecule has 0 aliphatic carbocycles. The summed E-state index contributed by atoms with van der Waals surface area (Å²) in [5.74, 6) is -0.457. The van der Waals surface area contributed by atoms with Crippen LogP contribution < -0.4 is 10.6 Å². The molecule has 16 heavy (non-hydrogen) atoms. The Balaban J connectivity index is 3.32. The van der Waals surface area contributed by atoms with Gasteiger partial charge >= 0.3 is 5.51 Å². The summed E-state index contributed by atoms with van der Waals surface area (Å²) >= 11 is -0.131. The predicted molar refractivity (Wildman–Crippen MR) is 54.6 cm³/mol. The van der Waals surface area contributed by atoms with Gasteiger partial charge in [-0.05, 0) is 11.8 Å². The third kappa shape index (κ3) is 11.1. The van der Waals surface area contributed by atoms with Gasteiger partial charge in [-0.15, -0.1) is 0 Å². The van der Waals surface area contributed by atoms with Gasteiger partial charge in [-0.3, -0.25) is 4.79 Å². The van der Waals surface area contributed by atoms with Gasteiger partial charge in [0.25, 0.3) is 0 Å². The maximum Gasteiger partial charge on any atom is 0.441 e. The van der Waals surface area contributed by atoms with Crippen molar-refractivity contribution in [1.29, 1.82) is 5.26 Å². The first-order valence-corrected chi connectivity index (χ1v) is 5.49. The largest absolute Gasteiger partial charge is 0.441 e. The van der Waals surface area contributed by atoms with Crippen LogP contribution in [0.3, 0.4) is 0 Å². The number of hydrogen-bond acceptors (Lipinski definition) is 4. The lowest BCUT2D eigenvalue weighted by atomic mass is 10.4. The minimum absolute atomic E-state index is 0.0379. The van der Waals surface area contributed by atoms with E-state index in [1.165, 1.54) is 0 Å². The van der Waals surface area contributed by atoms with Crippen molar-refractivity contribution in [2.45, 2.75) is 11.9 Å². The van der Waals surface area contributed by atoms with Gasteiger partial charge in [0.2, 0.25) is 5.91 Å². The first kappa shape index (κ1) is 15.1. The Morgan fingerprint density at radius 1 is 1.38 bits per heavy atom. The number of carbonyl (C=O) groups excluding carboxylic acids is 1. The molecule has 2 N–H and O–H groups in total. The molecule has 1 amide bonds. The molecule has 0 spiro atoms. The number of amides is 1. The van der Waals surface area contributed by atoms with Crippen molar-refractivity contribution in [2.75, 3.05) is 25.4 Å². The van der Waals surface area contributed by atoms with Crippen molar-refractivity contribution in [3.8, 4) is 6.07 Å². The minimum Gasteiger partial charge on any atom is -0.354 e. The Morgan fingerprint density at radius 3 is 2.62 bits per heavy atom. The van der Waals surface area contributed by atoms with Crippen LogP contribution in [0.2, 0.25) is 0 Å². The summed E-state index contributed by atoms with van der Waals surface area (Å²) in [6.45, 7) is 0.327. The zero-order valence-electron chi connectivity index (χ0n) is 8.43. The van der Waals surface area contributed by atoms with Crippen LogP contribution in [0.25, 0.3) is 0 Å². The first-order valence-electron chi connectivity index (χ1n) is 4.51. The highest BCUT2D eigenvalue weighted by Gasteiger charge is 2.27. The van der Waals surface area contributed by atoms with E-state index in [-0.39, 0.29) is 49.5 Å². The number of halogens is 3. The Morgan fingerprint density at radius 2 is 2.06 bits per heavy atom. The molecule has 0 fully saturated rings. The highest BCUT2D eigenvalue weighted by Crippen LogP contribution is 2.29. The number of nitrogens with zero attached hydrogens (tertiary/aromatic N) is 1. The molecule has 0 rings (SSSR count). The van der Waals surface area contributed by atoms with Gasteiger partial charge in [0.05, 0.1) is 19.0 Å². The molecular weight excluding hydrogens is 243 g/mol. The zero-order chi connectivity index (χ0) is 12.4. The third-order valence-corrected chi connectivity index (χ3v) is 2.12. The Bertz CT molecular complexity index is 252. The Hall–Kier alpha value is -0.940. The van der Waals surface area contributed by atoms with Crippen molar-refractivity contribution in [2.24, 2.45) is 0 Å². The molecule has 0 radical (unpaired) electrons. The summed E-state index contributed by atoms with van der Waals surface area (Å²) < 4.78 is 35.0. The number of carbonyl (C=O) groups is 1. The summed E-state index contributed by atoms with van der Waals surface area (Å²) in [6, 6.07) is 1.85. The van der Waals surface area contributed by atoms with Crippen LogP contribution in [0.1, 0.15) is 6.42 Å². The molecule has 0 heterocycles. The summed E-state index contributed by atoms with van der Waals surface area (Å²) in [6.07, 6.45) is 0.218. The van der Waals surface area contributed by atoms with Crippen LogP contribution >= 0.6 is 11.8 Å². The summed E-state index contributed by atoms with van der Waals surface area (Å²) in [5, 5.41) is 13.2. The normalized spacial score (nSPS) is 10.9. The topological polar surface area (TPSA) is 64.9 Å². The molecule has 0 aliphatic rings. The van der Waals surface area contributed by atoms with Crippen LogP contribution in [-0.4, -0.2) is 36.8 Å². The maximum atomic E-state index is 11.7. The van der Waals surface area contributed by atoms with Crippen LogP contribution in [0.5, 0.6) is 0 Å². The van der Waals surface area contributed by atoms with E-state index in [1.807, 2.05) is 6.07 Å². The molecule has 0 aromatic carbocycles. The van der Waals surface area contributed by atoms with Crippen molar-refractivity contribution in [3.05, 3.63) is 0 Å². The molecular formula is C8H12F3N3OS. The fourth-order valence-corrected chi connectivity index (χ4v) is 1.24. The van der Waals surface area contributed by atoms with E-state index in [4.69, 9.17) is 5.26 Å². The number of nitriles is 1. The summed E-state index contributed by atoms with van der Waals surface area (Å²) in [4.78, 5) is 11.0. The highest BCUT2D eigenvalue weighted by atomic mass is 32.2. The average Bonchev–Trinajstić information content (AvgIpc) is 2.16. The van der Waals surface area contributed by atoms with Crippen LogP contribution in [0.15, 0.2) is 0 Å². The second-order valence-electron chi connectivity index (χ2n) is 2.73. The van der Waals surface area contributed by atoms with Gasteiger partial charge in [0.1, 0.15) is 0 Å². The number of hydrogen-bond donors (Lipinski definition) is 2. The molecule has 0 aliphatic heterocycles. The smallest absolute Gasteiger partial charge is 0.354 e. The number of alkyl halides is 3. The number of nitrogens with one attached hydrogen (secondary N) is 2. The lowest BCUT2D eigenvalue weighted by Crippen LogP contribution is -2.35. The van der Waals surface area contributed by atoms with E-state index < -0.39 is 5.51 Å².